The predicted molar refractivity (Wildman–Crippen MR) is 129 cm³/mol. The predicted octanol–water partition coefficient (Wildman–Crippen LogP) is 4.59. The molecule has 0 bridgehead atoms. The molecule has 1 aliphatic rings. The number of imide groups is 2. The van der Waals surface area contributed by atoms with Crippen LogP contribution in [0.25, 0.3) is 11.8 Å². The number of amides is 4. The standard InChI is InChI=1S/C25H22ClN3O5/c1-3-33-19-11-12-21(22(15-19)34-4-2)29-24(31)20(23(30)27-25(29)32)14-18-6-5-13-28(18)17-9-7-16(26)8-10-17/h5-15H,3-4H2,1-2H3,(H,27,30,32)/b20-14+. The molecule has 2 aromatic carbocycles. The van der Waals surface area contributed by atoms with Gasteiger partial charge in [0.2, 0.25) is 0 Å². The molecule has 0 unspecified atom stereocenters. The lowest BCUT2D eigenvalue weighted by Crippen LogP contribution is -2.54. The number of ether oxygens (including phenoxy) is 2. The summed E-state index contributed by atoms with van der Waals surface area (Å²) in [4.78, 5) is 39.6. The number of carbonyl (C=O) groups is 3. The number of hydrogen-bond donors (Lipinski definition) is 1. The highest BCUT2D eigenvalue weighted by Gasteiger charge is 2.38. The molecular weight excluding hydrogens is 458 g/mol. The van der Waals surface area contributed by atoms with Gasteiger partial charge in [-0.2, -0.15) is 0 Å². The minimum atomic E-state index is -0.856. The van der Waals surface area contributed by atoms with E-state index < -0.39 is 17.8 Å². The summed E-state index contributed by atoms with van der Waals surface area (Å²) < 4.78 is 13.0. The molecule has 0 spiro atoms. The summed E-state index contributed by atoms with van der Waals surface area (Å²) in [6.07, 6.45) is 3.24. The summed E-state index contributed by atoms with van der Waals surface area (Å²) in [7, 11) is 0. The van der Waals surface area contributed by atoms with E-state index in [2.05, 4.69) is 5.32 Å². The third-order valence-electron chi connectivity index (χ3n) is 5.06. The molecule has 2 heterocycles. The summed E-state index contributed by atoms with van der Waals surface area (Å²) in [5.41, 5.74) is 1.39. The van der Waals surface area contributed by atoms with Gasteiger partial charge < -0.3 is 14.0 Å². The van der Waals surface area contributed by atoms with Crippen LogP contribution >= 0.6 is 11.6 Å². The van der Waals surface area contributed by atoms with Gasteiger partial charge in [0.15, 0.2) is 0 Å². The molecule has 3 aromatic rings. The van der Waals surface area contributed by atoms with Crippen molar-refractivity contribution in [1.82, 2.24) is 9.88 Å². The van der Waals surface area contributed by atoms with Gasteiger partial charge in [-0.15, -0.1) is 0 Å². The van der Waals surface area contributed by atoms with Crippen molar-refractivity contribution in [3.63, 3.8) is 0 Å². The Morgan fingerprint density at radius 2 is 1.71 bits per heavy atom. The fraction of sp³-hybridized carbons (Fsp3) is 0.160. The highest BCUT2D eigenvalue weighted by Crippen LogP contribution is 2.35. The van der Waals surface area contributed by atoms with Crippen LogP contribution < -0.4 is 19.7 Å². The van der Waals surface area contributed by atoms with Crippen molar-refractivity contribution in [2.24, 2.45) is 0 Å². The number of nitrogens with one attached hydrogen (secondary N) is 1. The van der Waals surface area contributed by atoms with E-state index in [0.29, 0.717) is 29.7 Å². The molecule has 34 heavy (non-hydrogen) atoms. The first-order valence-corrected chi connectivity index (χ1v) is 11.0. The van der Waals surface area contributed by atoms with Gasteiger partial charge in [0.25, 0.3) is 11.8 Å². The molecule has 4 amide bonds. The second-order valence-electron chi connectivity index (χ2n) is 7.23. The average Bonchev–Trinajstić information content (AvgIpc) is 3.27. The Hall–Kier alpha value is -4.04. The molecule has 1 N–H and O–H groups in total. The zero-order valence-corrected chi connectivity index (χ0v) is 19.3. The number of anilines is 1. The van der Waals surface area contributed by atoms with E-state index >= 15 is 0 Å². The minimum Gasteiger partial charge on any atom is -0.494 e. The van der Waals surface area contributed by atoms with Crippen molar-refractivity contribution in [3.8, 4) is 17.2 Å². The van der Waals surface area contributed by atoms with Gasteiger partial charge in [-0.1, -0.05) is 11.6 Å². The van der Waals surface area contributed by atoms with E-state index in [0.717, 1.165) is 10.6 Å². The van der Waals surface area contributed by atoms with Crippen molar-refractivity contribution >= 4 is 41.2 Å². The number of nitrogens with zero attached hydrogens (tertiary/aromatic N) is 2. The van der Waals surface area contributed by atoms with E-state index in [-0.39, 0.29) is 17.0 Å². The topological polar surface area (TPSA) is 89.9 Å². The van der Waals surface area contributed by atoms with Crippen molar-refractivity contribution in [2.45, 2.75) is 13.8 Å². The van der Waals surface area contributed by atoms with Crippen molar-refractivity contribution in [3.05, 3.63) is 77.1 Å². The van der Waals surface area contributed by atoms with Gasteiger partial charge in [-0.3, -0.25) is 14.9 Å². The zero-order chi connectivity index (χ0) is 24.2. The summed E-state index contributed by atoms with van der Waals surface area (Å²) >= 11 is 5.98. The number of hydrogen-bond acceptors (Lipinski definition) is 5. The first kappa shape index (κ1) is 23.1. The van der Waals surface area contributed by atoms with Gasteiger partial charge in [0.1, 0.15) is 17.1 Å². The van der Waals surface area contributed by atoms with Crippen LogP contribution in [-0.4, -0.2) is 35.6 Å². The molecule has 174 valence electrons. The Morgan fingerprint density at radius 3 is 2.41 bits per heavy atom. The SMILES string of the molecule is CCOc1ccc(N2C(=O)NC(=O)/C(=C\c3cccn3-c3ccc(Cl)cc3)C2=O)c(OCC)c1. The average molecular weight is 480 g/mol. The molecule has 4 rings (SSSR count). The first-order valence-electron chi connectivity index (χ1n) is 10.7. The highest BCUT2D eigenvalue weighted by atomic mass is 35.5. The van der Waals surface area contributed by atoms with E-state index in [1.807, 2.05) is 19.1 Å². The summed E-state index contributed by atoms with van der Waals surface area (Å²) in [5, 5.41) is 2.83. The fourth-order valence-electron chi connectivity index (χ4n) is 3.58. The molecular formula is C25H22ClN3O5. The van der Waals surface area contributed by atoms with E-state index in [1.165, 1.54) is 6.08 Å². The maximum absolute atomic E-state index is 13.4. The monoisotopic (exact) mass is 479 g/mol. The molecule has 9 heteroatoms. The van der Waals surface area contributed by atoms with Crippen LogP contribution in [0.3, 0.4) is 0 Å². The van der Waals surface area contributed by atoms with Crippen molar-refractivity contribution in [2.75, 3.05) is 18.1 Å². The van der Waals surface area contributed by atoms with E-state index in [4.69, 9.17) is 21.1 Å². The summed E-state index contributed by atoms with van der Waals surface area (Å²) in [6, 6.07) is 14.6. The summed E-state index contributed by atoms with van der Waals surface area (Å²) in [6.45, 7) is 4.39. The maximum atomic E-state index is 13.4. The molecule has 0 saturated carbocycles. The minimum absolute atomic E-state index is 0.190. The zero-order valence-electron chi connectivity index (χ0n) is 18.6. The van der Waals surface area contributed by atoms with Crippen LogP contribution in [0.5, 0.6) is 11.5 Å². The number of halogens is 1. The van der Waals surface area contributed by atoms with Crippen molar-refractivity contribution in [1.29, 1.82) is 0 Å². The molecule has 0 atom stereocenters. The normalized spacial score (nSPS) is 15.0. The first-order chi connectivity index (χ1) is 16.4. The number of barbiturate groups is 1. The van der Waals surface area contributed by atoms with Gasteiger partial charge in [0, 0.05) is 28.7 Å². The Bertz CT molecular complexity index is 1280. The molecule has 0 aliphatic carbocycles. The molecule has 1 saturated heterocycles. The molecule has 1 aliphatic heterocycles. The fourth-order valence-corrected chi connectivity index (χ4v) is 3.71. The van der Waals surface area contributed by atoms with Crippen LogP contribution in [0.15, 0.2) is 66.4 Å². The summed E-state index contributed by atoms with van der Waals surface area (Å²) in [5.74, 6) is -0.718. The van der Waals surface area contributed by atoms with Crippen molar-refractivity contribution < 1.29 is 23.9 Å². The number of aromatic nitrogens is 1. The number of carbonyl (C=O) groups excluding carboxylic acids is 3. The quantitative estimate of drug-likeness (QED) is 0.395. The number of urea groups is 1. The number of rotatable bonds is 7. The molecule has 1 fully saturated rings. The van der Waals surface area contributed by atoms with Gasteiger partial charge >= 0.3 is 6.03 Å². The molecule has 8 nitrogen and oxygen atoms in total. The van der Waals surface area contributed by atoms with Crippen LogP contribution in [0.4, 0.5) is 10.5 Å². The number of benzene rings is 2. The van der Waals surface area contributed by atoms with Crippen LogP contribution in [0.2, 0.25) is 5.02 Å². The maximum Gasteiger partial charge on any atom is 0.336 e. The van der Waals surface area contributed by atoms with E-state index in [9.17, 15) is 14.4 Å². The Balaban J connectivity index is 1.74. The van der Waals surface area contributed by atoms with Gasteiger partial charge in [-0.25, -0.2) is 9.69 Å². The Morgan fingerprint density at radius 1 is 0.971 bits per heavy atom. The van der Waals surface area contributed by atoms with Crippen LogP contribution in [0.1, 0.15) is 19.5 Å². The lowest BCUT2D eigenvalue weighted by Gasteiger charge is -2.28. The second kappa shape index (κ2) is 9.84. The Kier molecular flexibility index (Phi) is 6.70. The largest absolute Gasteiger partial charge is 0.494 e. The van der Waals surface area contributed by atoms with Gasteiger partial charge in [-0.05, 0) is 68.5 Å². The molecule has 0 radical (unpaired) electrons. The van der Waals surface area contributed by atoms with E-state index in [1.54, 1.807) is 60.2 Å². The van der Waals surface area contributed by atoms with Crippen LogP contribution in [-0.2, 0) is 9.59 Å². The smallest absolute Gasteiger partial charge is 0.336 e. The third kappa shape index (κ3) is 4.53. The Labute approximate surface area is 201 Å². The highest BCUT2D eigenvalue weighted by molar-refractivity contribution is 6.39. The van der Waals surface area contributed by atoms with Gasteiger partial charge in [0.05, 0.1) is 18.9 Å². The van der Waals surface area contributed by atoms with Crippen LogP contribution in [0, 0.1) is 0 Å². The second-order valence-corrected chi connectivity index (χ2v) is 7.67. The molecule has 1 aromatic heterocycles. The lowest BCUT2D eigenvalue weighted by atomic mass is 10.1. The third-order valence-corrected chi connectivity index (χ3v) is 5.31. The lowest BCUT2D eigenvalue weighted by molar-refractivity contribution is -0.122.